The molecule has 1 atom stereocenters. The SMILES string of the molecule is O=C([O-])NC1Cc2cnc(CNC(=O)OCc3ccccc3)cc2C1. The maximum Gasteiger partial charge on any atom is 0.407 e. The minimum atomic E-state index is -1.27. The van der Waals surface area contributed by atoms with Gasteiger partial charge in [-0.1, -0.05) is 30.3 Å². The second-order valence-corrected chi connectivity index (χ2v) is 5.90. The van der Waals surface area contributed by atoms with E-state index in [4.69, 9.17) is 4.74 Å². The molecule has 0 spiro atoms. The van der Waals surface area contributed by atoms with Gasteiger partial charge in [0.2, 0.25) is 0 Å². The summed E-state index contributed by atoms with van der Waals surface area (Å²) in [5.74, 6) is 0. The first-order chi connectivity index (χ1) is 12.1. The highest BCUT2D eigenvalue weighted by Crippen LogP contribution is 2.22. The number of benzene rings is 1. The molecular weight excluding hydrogens is 322 g/mol. The number of nitrogens with one attached hydrogen (secondary N) is 2. The molecule has 1 aromatic heterocycles. The molecule has 25 heavy (non-hydrogen) atoms. The number of nitrogens with zero attached hydrogens (tertiary/aromatic N) is 1. The van der Waals surface area contributed by atoms with Crippen LogP contribution in [0, 0.1) is 0 Å². The van der Waals surface area contributed by atoms with E-state index in [0.717, 1.165) is 16.7 Å². The van der Waals surface area contributed by atoms with E-state index in [9.17, 15) is 14.7 Å². The third-order valence-corrected chi connectivity index (χ3v) is 4.02. The van der Waals surface area contributed by atoms with Gasteiger partial charge in [0.1, 0.15) is 12.7 Å². The zero-order valence-electron chi connectivity index (χ0n) is 13.5. The average Bonchev–Trinajstić information content (AvgIpc) is 2.99. The summed E-state index contributed by atoms with van der Waals surface area (Å²) in [7, 11) is 0. The monoisotopic (exact) mass is 340 g/mol. The molecule has 1 aliphatic carbocycles. The molecule has 1 aromatic carbocycles. The lowest BCUT2D eigenvalue weighted by Gasteiger charge is -2.12. The molecule has 2 aromatic rings. The van der Waals surface area contributed by atoms with Crippen LogP contribution in [0.25, 0.3) is 0 Å². The van der Waals surface area contributed by atoms with Crippen molar-refractivity contribution < 1.29 is 19.4 Å². The van der Waals surface area contributed by atoms with Gasteiger partial charge in [0.05, 0.1) is 12.2 Å². The molecule has 0 saturated carbocycles. The molecule has 1 unspecified atom stereocenters. The number of pyridine rings is 1. The molecule has 0 fully saturated rings. The van der Waals surface area contributed by atoms with Crippen molar-refractivity contribution in [2.45, 2.75) is 32.0 Å². The predicted molar refractivity (Wildman–Crippen MR) is 87.4 cm³/mol. The minimum Gasteiger partial charge on any atom is -0.530 e. The molecule has 2 amide bonds. The molecule has 0 saturated heterocycles. The lowest BCUT2D eigenvalue weighted by Crippen LogP contribution is -2.43. The number of carbonyl (C=O) groups excluding carboxylic acids is 2. The van der Waals surface area contributed by atoms with Crippen molar-refractivity contribution in [3.63, 3.8) is 0 Å². The number of alkyl carbamates (subject to hydrolysis) is 1. The molecule has 1 aliphatic rings. The Morgan fingerprint density at radius 3 is 2.72 bits per heavy atom. The van der Waals surface area contributed by atoms with E-state index in [0.29, 0.717) is 18.5 Å². The average molecular weight is 340 g/mol. The summed E-state index contributed by atoms with van der Waals surface area (Å²) in [6, 6.07) is 11.1. The smallest absolute Gasteiger partial charge is 0.407 e. The number of carboxylic acid groups (broad SMARTS) is 1. The number of rotatable bonds is 5. The van der Waals surface area contributed by atoms with Crippen LogP contribution in [0.3, 0.4) is 0 Å². The fourth-order valence-corrected chi connectivity index (χ4v) is 2.85. The lowest BCUT2D eigenvalue weighted by molar-refractivity contribution is -0.251. The van der Waals surface area contributed by atoms with Crippen LogP contribution in [-0.4, -0.2) is 23.2 Å². The fraction of sp³-hybridized carbons (Fsp3) is 0.278. The summed E-state index contributed by atoms with van der Waals surface area (Å²) in [5.41, 5.74) is 3.65. The van der Waals surface area contributed by atoms with Crippen LogP contribution in [0.1, 0.15) is 22.4 Å². The summed E-state index contributed by atoms with van der Waals surface area (Å²) in [5, 5.41) is 15.7. The Kier molecular flexibility index (Phi) is 5.13. The van der Waals surface area contributed by atoms with Gasteiger partial charge < -0.3 is 25.3 Å². The van der Waals surface area contributed by atoms with Crippen LogP contribution in [0.5, 0.6) is 0 Å². The largest absolute Gasteiger partial charge is 0.530 e. The summed E-state index contributed by atoms with van der Waals surface area (Å²) >= 11 is 0. The van der Waals surface area contributed by atoms with Gasteiger partial charge in [-0.2, -0.15) is 0 Å². The molecule has 0 aliphatic heterocycles. The van der Waals surface area contributed by atoms with Gasteiger partial charge in [-0.15, -0.1) is 0 Å². The maximum atomic E-state index is 11.8. The number of fused-ring (bicyclic) bond motifs is 1. The van der Waals surface area contributed by atoms with E-state index in [-0.39, 0.29) is 19.2 Å². The normalized spacial score (nSPS) is 15.3. The molecule has 0 bridgehead atoms. The highest BCUT2D eigenvalue weighted by atomic mass is 16.5. The molecule has 7 nitrogen and oxygen atoms in total. The number of hydrogen-bond donors (Lipinski definition) is 2. The molecular formula is C18H18N3O4-. The second-order valence-electron chi connectivity index (χ2n) is 5.90. The van der Waals surface area contributed by atoms with Gasteiger partial charge in [-0.05, 0) is 35.6 Å². The Morgan fingerprint density at radius 2 is 1.96 bits per heavy atom. The van der Waals surface area contributed by atoms with Crippen molar-refractivity contribution in [2.24, 2.45) is 0 Å². The van der Waals surface area contributed by atoms with Crippen LogP contribution in [0.2, 0.25) is 0 Å². The first-order valence-corrected chi connectivity index (χ1v) is 7.99. The zero-order chi connectivity index (χ0) is 17.6. The van der Waals surface area contributed by atoms with Gasteiger partial charge >= 0.3 is 6.09 Å². The van der Waals surface area contributed by atoms with Crippen molar-refractivity contribution in [1.29, 1.82) is 0 Å². The van der Waals surface area contributed by atoms with Crippen LogP contribution in [-0.2, 0) is 30.7 Å². The quantitative estimate of drug-likeness (QED) is 0.842. The first kappa shape index (κ1) is 16.8. The molecule has 7 heteroatoms. The number of aromatic nitrogens is 1. The standard InChI is InChI=1S/C18H19N3O4/c22-17(23)21-15-6-13-7-16(19-9-14(13)8-15)10-20-18(24)25-11-12-4-2-1-3-5-12/h1-5,7,9,15,21H,6,8,10-11H2,(H,20,24)(H,22,23)/p-1. The van der Waals surface area contributed by atoms with E-state index in [2.05, 4.69) is 15.6 Å². The lowest BCUT2D eigenvalue weighted by atomic mass is 10.1. The van der Waals surface area contributed by atoms with Crippen LogP contribution >= 0.6 is 0 Å². The van der Waals surface area contributed by atoms with E-state index >= 15 is 0 Å². The maximum absolute atomic E-state index is 11.8. The van der Waals surface area contributed by atoms with Crippen LogP contribution in [0.15, 0.2) is 42.6 Å². The van der Waals surface area contributed by atoms with Crippen molar-refractivity contribution in [1.82, 2.24) is 15.6 Å². The van der Waals surface area contributed by atoms with Crippen molar-refractivity contribution in [2.75, 3.05) is 0 Å². The zero-order valence-corrected chi connectivity index (χ0v) is 13.5. The molecule has 1 heterocycles. The summed E-state index contributed by atoms with van der Waals surface area (Å²) < 4.78 is 5.14. The number of hydrogen-bond acceptors (Lipinski definition) is 5. The molecule has 130 valence electrons. The topological polar surface area (TPSA) is 103 Å². The van der Waals surface area contributed by atoms with Crippen LogP contribution in [0.4, 0.5) is 9.59 Å². The third-order valence-electron chi connectivity index (χ3n) is 4.02. The summed E-state index contributed by atoms with van der Waals surface area (Å²) in [4.78, 5) is 26.7. The molecule has 0 radical (unpaired) electrons. The van der Waals surface area contributed by atoms with Gasteiger partial charge in [-0.3, -0.25) is 4.98 Å². The Balaban J connectivity index is 1.48. The van der Waals surface area contributed by atoms with Crippen molar-refractivity contribution in [3.05, 3.63) is 65.0 Å². The minimum absolute atomic E-state index is 0.180. The highest BCUT2D eigenvalue weighted by molar-refractivity contribution is 5.67. The van der Waals surface area contributed by atoms with Gasteiger partial charge in [0, 0.05) is 12.2 Å². The van der Waals surface area contributed by atoms with E-state index in [1.54, 1.807) is 6.20 Å². The summed E-state index contributed by atoms with van der Waals surface area (Å²) in [6.45, 7) is 0.459. The Labute approximate surface area is 145 Å². The number of amides is 2. The Morgan fingerprint density at radius 1 is 1.20 bits per heavy atom. The molecule has 2 N–H and O–H groups in total. The predicted octanol–water partition coefficient (Wildman–Crippen LogP) is 0.908. The van der Waals surface area contributed by atoms with Gasteiger partial charge in [0.25, 0.3) is 0 Å². The second kappa shape index (κ2) is 7.65. The fourth-order valence-electron chi connectivity index (χ4n) is 2.85. The first-order valence-electron chi connectivity index (χ1n) is 7.99. The molecule has 3 rings (SSSR count). The van der Waals surface area contributed by atoms with Crippen LogP contribution < -0.4 is 15.7 Å². The van der Waals surface area contributed by atoms with Crippen molar-refractivity contribution >= 4 is 12.2 Å². The van der Waals surface area contributed by atoms with Gasteiger partial charge in [-0.25, -0.2) is 4.79 Å². The summed E-state index contributed by atoms with van der Waals surface area (Å²) in [6.07, 6.45) is 1.13. The van der Waals surface area contributed by atoms with E-state index in [1.165, 1.54) is 0 Å². The van der Waals surface area contributed by atoms with Gasteiger partial charge in [0.15, 0.2) is 0 Å². The van der Waals surface area contributed by atoms with E-state index in [1.807, 2.05) is 36.4 Å². The third kappa shape index (κ3) is 4.69. The number of carbonyl (C=O) groups is 2. The Hall–Kier alpha value is -3.09. The highest BCUT2D eigenvalue weighted by Gasteiger charge is 2.22. The van der Waals surface area contributed by atoms with E-state index < -0.39 is 12.2 Å². The number of ether oxygens (including phenoxy) is 1. The Bertz CT molecular complexity index is 764. The van der Waals surface area contributed by atoms with Crippen molar-refractivity contribution in [3.8, 4) is 0 Å².